The van der Waals surface area contributed by atoms with Crippen LogP contribution in [-0.2, 0) is 9.53 Å². The summed E-state index contributed by atoms with van der Waals surface area (Å²) in [7, 11) is 0. The van der Waals surface area contributed by atoms with E-state index in [4.69, 9.17) is 10.00 Å². The monoisotopic (exact) mass is 274 g/mol. The Labute approximate surface area is 118 Å². The maximum Gasteiger partial charge on any atom is 0.338 e. The molecule has 0 saturated carbocycles. The van der Waals surface area contributed by atoms with Gasteiger partial charge in [0, 0.05) is 6.04 Å². The summed E-state index contributed by atoms with van der Waals surface area (Å²) in [5.74, 6) is -0.646. The number of ether oxygens (including phenoxy) is 1. The lowest BCUT2D eigenvalue weighted by Gasteiger charge is -2.17. The molecule has 1 N–H and O–H groups in total. The molecule has 0 radical (unpaired) electrons. The molecule has 0 bridgehead atoms. The largest absolute Gasteiger partial charge is 0.452 e. The highest BCUT2D eigenvalue weighted by atomic mass is 16.5. The van der Waals surface area contributed by atoms with Crippen molar-refractivity contribution < 1.29 is 14.3 Å². The van der Waals surface area contributed by atoms with E-state index in [2.05, 4.69) is 5.32 Å². The van der Waals surface area contributed by atoms with Crippen LogP contribution in [-0.4, -0.2) is 24.5 Å². The summed E-state index contributed by atoms with van der Waals surface area (Å²) in [6, 6.07) is 8.11. The molecule has 1 amide bonds. The van der Waals surface area contributed by atoms with Gasteiger partial charge in [0.1, 0.15) is 0 Å². The second kappa shape index (κ2) is 7.29. The molecule has 0 unspecified atom stereocenters. The number of carbonyl (C=O) groups is 2. The van der Waals surface area contributed by atoms with Crippen LogP contribution in [0, 0.1) is 17.2 Å². The van der Waals surface area contributed by atoms with Gasteiger partial charge in [-0.25, -0.2) is 4.79 Å². The molecule has 0 spiro atoms. The van der Waals surface area contributed by atoms with Crippen molar-refractivity contribution in [2.24, 2.45) is 5.92 Å². The Kier molecular flexibility index (Phi) is 5.73. The van der Waals surface area contributed by atoms with Crippen LogP contribution in [0.25, 0.3) is 0 Å². The Hall–Kier alpha value is -2.35. The molecule has 0 aromatic heterocycles. The topological polar surface area (TPSA) is 79.2 Å². The second-order valence-electron chi connectivity index (χ2n) is 4.87. The SMILES string of the molecule is CC(C)[C@H](C)NC(=O)COC(=O)c1cccc(C#N)c1. The number of hydrogen-bond donors (Lipinski definition) is 1. The number of hydrogen-bond acceptors (Lipinski definition) is 4. The first-order valence-electron chi connectivity index (χ1n) is 6.40. The summed E-state index contributed by atoms with van der Waals surface area (Å²) in [4.78, 5) is 23.3. The third kappa shape index (κ3) is 4.73. The summed E-state index contributed by atoms with van der Waals surface area (Å²) >= 11 is 0. The molecule has 0 aliphatic rings. The van der Waals surface area contributed by atoms with E-state index in [1.165, 1.54) is 12.1 Å². The standard InChI is InChI=1S/C15H18N2O3/c1-10(2)11(3)17-14(18)9-20-15(19)13-6-4-5-12(7-13)8-16/h4-7,10-11H,9H2,1-3H3,(H,17,18)/t11-/m0/s1. The molecule has 1 aromatic carbocycles. The van der Waals surface area contributed by atoms with Crippen LogP contribution in [0.3, 0.4) is 0 Å². The van der Waals surface area contributed by atoms with E-state index < -0.39 is 5.97 Å². The highest BCUT2D eigenvalue weighted by molar-refractivity contribution is 5.91. The van der Waals surface area contributed by atoms with Gasteiger partial charge in [0.15, 0.2) is 6.61 Å². The molecule has 0 heterocycles. The number of esters is 1. The molecular weight excluding hydrogens is 256 g/mol. The van der Waals surface area contributed by atoms with Gasteiger partial charge in [0.05, 0.1) is 17.2 Å². The van der Waals surface area contributed by atoms with Gasteiger partial charge in [-0.2, -0.15) is 5.26 Å². The van der Waals surface area contributed by atoms with Gasteiger partial charge >= 0.3 is 5.97 Å². The molecule has 1 rings (SSSR count). The van der Waals surface area contributed by atoms with Crippen molar-refractivity contribution in [1.82, 2.24) is 5.32 Å². The maximum absolute atomic E-state index is 11.7. The molecule has 0 saturated heterocycles. The van der Waals surface area contributed by atoms with E-state index in [0.29, 0.717) is 11.5 Å². The van der Waals surface area contributed by atoms with Gasteiger partial charge in [0.2, 0.25) is 0 Å². The first kappa shape index (κ1) is 15.7. The van der Waals surface area contributed by atoms with Gasteiger partial charge in [-0.3, -0.25) is 4.79 Å². The molecule has 0 aliphatic carbocycles. The van der Waals surface area contributed by atoms with Crippen molar-refractivity contribution in [2.45, 2.75) is 26.8 Å². The van der Waals surface area contributed by atoms with E-state index in [1.54, 1.807) is 12.1 Å². The predicted molar refractivity (Wildman–Crippen MR) is 73.9 cm³/mol. The second-order valence-corrected chi connectivity index (χ2v) is 4.87. The van der Waals surface area contributed by atoms with E-state index >= 15 is 0 Å². The van der Waals surface area contributed by atoms with Crippen LogP contribution < -0.4 is 5.32 Å². The van der Waals surface area contributed by atoms with Crippen molar-refractivity contribution in [1.29, 1.82) is 5.26 Å². The summed E-state index contributed by atoms with van der Waals surface area (Å²) < 4.78 is 4.91. The third-order valence-corrected chi connectivity index (χ3v) is 2.95. The Morgan fingerprint density at radius 1 is 1.35 bits per heavy atom. The van der Waals surface area contributed by atoms with E-state index in [0.717, 1.165) is 0 Å². The Morgan fingerprint density at radius 2 is 2.05 bits per heavy atom. The zero-order valence-electron chi connectivity index (χ0n) is 11.8. The van der Waals surface area contributed by atoms with Crippen LogP contribution >= 0.6 is 0 Å². The molecule has 5 nitrogen and oxygen atoms in total. The van der Waals surface area contributed by atoms with Crippen LogP contribution in [0.1, 0.15) is 36.7 Å². The van der Waals surface area contributed by atoms with Gasteiger partial charge in [-0.15, -0.1) is 0 Å². The first-order valence-corrected chi connectivity index (χ1v) is 6.40. The summed E-state index contributed by atoms with van der Waals surface area (Å²) in [6.45, 7) is 5.54. The fourth-order valence-electron chi connectivity index (χ4n) is 1.39. The number of rotatable bonds is 5. The van der Waals surface area contributed by atoms with Crippen LogP contribution in [0.4, 0.5) is 0 Å². The lowest BCUT2D eigenvalue weighted by Crippen LogP contribution is -2.38. The third-order valence-electron chi connectivity index (χ3n) is 2.95. The van der Waals surface area contributed by atoms with Crippen molar-refractivity contribution in [3.8, 4) is 6.07 Å². The minimum Gasteiger partial charge on any atom is -0.452 e. The van der Waals surface area contributed by atoms with Gasteiger partial charge in [-0.05, 0) is 31.0 Å². The zero-order chi connectivity index (χ0) is 15.1. The van der Waals surface area contributed by atoms with Crippen molar-refractivity contribution in [3.05, 3.63) is 35.4 Å². The molecule has 5 heteroatoms. The van der Waals surface area contributed by atoms with Gasteiger partial charge < -0.3 is 10.1 Å². The van der Waals surface area contributed by atoms with Crippen molar-refractivity contribution in [3.63, 3.8) is 0 Å². The first-order chi connectivity index (χ1) is 9.43. The fraction of sp³-hybridized carbons (Fsp3) is 0.400. The average Bonchev–Trinajstić information content (AvgIpc) is 2.44. The van der Waals surface area contributed by atoms with E-state index in [-0.39, 0.29) is 24.1 Å². The minimum atomic E-state index is -0.616. The van der Waals surface area contributed by atoms with Crippen LogP contribution in [0.5, 0.6) is 0 Å². The normalized spacial score (nSPS) is 11.6. The quantitative estimate of drug-likeness (QED) is 0.831. The Balaban J connectivity index is 2.51. The number of nitrogens with one attached hydrogen (secondary N) is 1. The molecular formula is C15H18N2O3. The molecule has 1 aromatic rings. The lowest BCUT2D eigenvalue weighted by molar-refractivity contribution is -0.125. The van der Waals surface area contributed by atoms with Crippen molar-refractivity contribution in [2.75, 3.05) is 6.61 Å². The van der Waals surface area contributed by atoms with Crippen LogP contribution in [0.2, 0.25) is 0 Å². The maximum atomic E-state index is 11.7. The summed E-state index contributed by atoms with van der Waals surface area (Å²) in [5.41, 5.74) is 0.631. The number of carbonyl (C=O) groups excluding carboxylic acids is 2. The fourth-order valence-corrected chi connectivity index (χ4v) is 1.39. The summed E-state index contributed by atoms with van der Waals surface area (Å²) in [5, 5.41) is 11.5. The zero-order valence-corrected chi connectivity index (χ0v) is 11.8. The highest BCUT2D eigenvalue weighted by Gasteiger charge is 2.14. The summed E-state index contributed by atoms with van der Waals surface area (Å²) in [6.07, 6.45) is 0. The van der Waals surface area contributed by atoms with E-state index in [1.807, 2.05) is 26.8 Å². The molecule has 20 heavy (non-hydrogen) atoms. The van der Waals surface area contributed by atoms with Gasteiger partial charge in [-0.1, -0.05) is 19.9 Å². The number of nitrogens with zero attached hydrogens (tertiary/aromatic N) is 1. The number of benzene rings is 1. The molecule has 0 fully saturated rings. The number of nitriles is 1. The van der Waals surface area contributed by atoms with Crippen LogP contribution in [0.15, 0.2) is 24.3 Å². The smallest absolute Gasteiger partial charge is 0.338 e. The molecule has 106 valence electrons. The Bertz CT molecular complexity index is 532. The predicted octanol–water partition coefficient (Wildman–Crippen LogP) is 1.88. The van der Waals surface area contributed by atoms with E-state index in [9.17, 15) is 9.59 Å². The average molecular weight is 274 g/mol. The minimum absolute atomic E-state index is 0.0168. The molecule has 1 atom stereocenters. The Morgan fingerprint density at radius 3 is 2.65 bits per heavy atom. The lowest BCUT2D eigenvalue weighted by atomic mass is 10.1. The van der Waals surface area contributed by atoms with Gasteiger partial charge in [0.25, 0.3) is 5.91 Å². The number of amides is 1. The molecule has 0 aliphatic heterocycles. The highest BCUT2D eigenvalue weighted by Crippen LogP contribution is 2.06. The van der Waals surface area contributed by atoms with Crippen molar-refractivity contribution >= 4 is 11.9 Å².